The van der Waals surface area contributed by atoms with E-state index in [-0.39, 0.29) is 23.0 Å². The minimum Gasteiger partial charge on any atom is -0.368 e. The van der Waals surface area contributed by atoms with E-state index in [4.69, 9.17) is 4.74 Å². The van der Waals surface area contributed by atoms with Crippen LogP contribution in [0.2, 0.25) is 0 Å². The van der Waals surface area contributed by atoms with Gasteiger partial charge in [0.2, 0.25) is 0 Å². The molecule has 0 amide bonds. The molecule has 0 aliphatic carbocycles. The molecule has 0 N–H and O–H groups in total. The highest BCUT2D eigenvalue weighted by atomic mass is 19.2. The van der Waals surface area contributed by atoms with Gasteiger partial charge in [0.1, 0.15) is 11.9 Å². The highest BCUT2D eigenvalue weighted by Crippen LogP contribution is 2.36. The molecule has 3 aromatic rings. The Morgan fingerprint density at radius 2 is 1.48 bits per heavy atom. The van der Waals surface area contributed by atoms with Crippen molar-refractivity contribution >= 4 is 6.08 Å². The zero-order valence-electron chi connectivity index (χ0n) is 14.7. The fourth-order valence-electron chi connectivity index (χ4n) is 3.15. The van der Waals surface area contributed by atoms with Gasteiger partial charge < -0.3 is 4.74 Å². The first kappa shape index (κ1) is 17.6. The molecule has 0 aromatic heterocycles. The van der Waals surface area contributed by atoms with Gasteiger partial charge in [0.05, 0.1) is 6.61 Å². The van der Waals surface area contributed by atoms with Crippen LogP contribution in [0.5, 0.6) is 0 Å². The first-order valence-electron chi connectivity index (χ1n) is 8.71. The molecule has 1 nitrogen and oxygen atoms in total. The molecule has 1 unspecified atom stereocenters. The zero-order chi connectivity index (χ0) is 19.0. The van der Waals surface area contributed by atoms with Crippen LogP contribution < -0.4 is 0 Å². The molecule has 4 heteroatoms. The largest absolute Gasteiger partial charge is 0.368 e. The van der Waals surface area contributed by atoms with Crippen molar-refractivity contribution in [1.82, 2.24) is 0 Å². The fraction of sp³-hybridized carbons (Fsp3) is 0.130. The summed E-state index contributed by atoms with van der Waals surface area (Å²) in [6.07, 6.45) is 3.32. The molecule has 0 bridgehead atoms. The Morgan fingerprint density at radius 1 is 0.852 bits per heavy atom. The fourth-order valence-corrected chi connectivity index (χ4v) is 3.15. The van der Waals surface area contributed by atoms with E-state index in [1.165, 1.54) is 6.07 Å². The summed E-state index contributed by atoms with van der Waals surface area (Å²) in [4.78, 5) is 0. The monoisotopic (exact) mass is 366 g/mol. The van der Waals surface area contributed by atoms with Gasteiger partial charge in [0, 0.05) is 16.7 Å². The maximum absolute atomic E-state index is 14.4. The second-order valence-electron chi connectivity index (χ2n) is 6.47. The molecule has 0 radical (unpaired) electrons. The molecule has 1 aliphatic rings. The SMILES string of the molecule is C/C=C/c1ccc(-c2ccc(-c3ccc(C4CO4)c(F)c3F)cc2)c(F)c1. The van der Waals surface area contributed by atoms with Crippen LogP contribution in [0.1, 0.15) is 24.2 Å². The first-order chi connectivity index (χ1) is 13.1. The number of benzene rings is 3. The number of halogens is 3. The summed E-state index contributed by atoms with van der Waals surface area (Å²) in [5.74, 6) is -2.09. The normalized spacial score (nSPS) is 16.1. The average Bonchev–Trinajstić information content (AvgIpc) is 3.50. The van der Waals surface area contributed by atoms with E-state index < -0.39 is 11.6 Å². The number of allylic oxidation sites excluding steroid dienone is 1. The standard InChI is InChI=1S/C23H17F3O/c1-2-3-14-4-9-17(20(24)12-14)15-5-7-16(8-6-15)18-10-11-19(21-13-27-21)23(26)22(18)25/h2-12,21H,13H2,1H3/b3-2+. The lowest BCUT2D eigenvalue weighted by Crippen LogP contribution is -1.96. The average molecular weight is 366 g/mol. The Labute approximate surface area is 155 Å². The Balaban J connectivity index is 1.66. The lowest BCUT2D eigenvalue weighted by Gasteiger charge is -2.09. The molecular weight excluding hydrogens is 349 g/mol. The summed E-state index contributed by atoms with van der Waals surface area (Å²) in [7, 11) is 0. The van der Waals surface area contributed by atoms with Gasteiger partial charge in [0.15, 0.2) is 11.6 Å². The number of epoxide rings is 1. The van der Waals surface area contributed by atoms with E-state index in [1.54, 1.807) is 42.5 Å². The second kappa shape index (κ2) is 7.05. The molecule has 1 atom stereocenters. The number of rotatable bonds is 4. The summed E-state index contributed by atoms with van der Waals surface area (Å²) < 4.78 is 48.1. The van der Waals surface area contributed by atoms with Crippen molar-refractivity contribution in [3.8, 4) is 22.3 Å². The molecular formula is C23H17F3O. The van der Waals surface area contributed by atoms with E-state index >= 15 is 0 Å². The van der Waals surface area contributed by atoms with Gasteiger partial charge in [0.25, 0.3) is 0 Å². The van der Waals surface area contributed by atoms with Gasteiger partial charge in [-0.1, -0.05) is 60.7 Å². The number of hydrogen-bond acceptors (Lipinski definition) is 1. The molecule has 1 fully saturated rings. The van der Waals surface area contributed by atoms with Crippen LogP contribution in [0.4, 0.5) is 13.2 Å². The van der Waals surface area contributed by atoms with E-state index in [0.717, 1.165) is 5.56 Å². The van der Waals surface area contributed by atoms with Crippen LogP contribution in [-0.4, -0.2) is 6.61 Å². The van der Waals surface area contributed by atoms with Gasteiger partial charge in [-0.05, 0) is 29.7 Å². The first-order valence-corrected chi connectivity index (χ1v) is 8.71. The van der Waals surface area contributed by atoms with Crippen molar-refractivity contribution in [2.45, 2.75) is 13.0 Å². The van der Waals surface area contributed by atoms with Crippen LogP contribution in [-0.2, 0) is 4.74 Å². The van der Waals surface area contributed by atoms with Crippen LogP contribution >= 0.6 is 0 Å². The number of ether oxygens (including phenoxy) is 1. The maximum atomic E-state index is 14.4. The second-order valence-corrected chi connectivity index (χ2v) is 6.47. The minimum atomic E-state index is -0.891. The third-order valence-corrected chi connectivity index (χ3v) is 4.65. The van der Waals surface area contributed by atoms with Crippen molar-refractivity contribution in [2.75, 3.05) is 6.61 Å². The van der Waals surface area contributed by atoms with E-state index in [0.29, 0.717) is 23.3 Å². The lowest BCUT2D eigenvalue weighted by atomic mass is 9.97. The van der Waals surface area contributed by atoms with Crippen LogP contribution in [0.15, 0.2) is 60.7 Å². The highest BCUT2D eigenvalue weighted by molar-refractivity contribution is 5.72. The van der Waals surface area contributed by atoms with Crippen molar-refractivity contribution < 1.29 is 17.9 Å². The van der Waals surface area contributed by atoms with Gasteiger partial charge >= 0.3 is 0 Å². The van der Waals surface area contributed by atoms with Crippen LogP contribution in [0, 0.1) is 17.5 Å². The Bertz CT molecular complexity index is 1020. The Hall–Kier alpha value is -2.85. The molecule has 0 saturated carbocycles. The molecule has 4 rings (SSSR count). The minimum absolute atomic E-state index is 0.173. The quantitative estimate of drug-likeness (QED) is 0.478. The Morgan fingerprint density at radius 3 is 2.07 bits per heavy atom. The van der Waals surface area contributed by atoms with Crippen LogP contribution in [0.3, 0.4) is 0 Å². The van der Waals surface area contributed by atoms with Crippen molar-refractivity contribution in [3.05, 3.63) is 89.3 Å². The summed E-state index contributed by atoms with van der Waals surface area (Å²) in [5, 5.41) is 0. The topological polar surface area (TPSA) is 12.5 Å². The summed E-state index contributed by atoms with van der Waals surface area (Å²) in [6.45, 7) is 2.29. The van der Waals surface area contributed by atoms with E-state index in [1.807, 2.05) is 25.1 Å². The van der Waals surface area contributed by atoms with Crippen molar-refractivity contribution in [1.29, 1.82) is 0 Å². The summed E-state index contributed by atoms with van der Waals surface area (Å²) >= 11 is 0. The third kappa shape index (κ3) is 3.40. The highest BCUT2D eigenvalue weighted by Gasteiger charge is 2.30. The van der Waals surface area contributed by atoms with E-state index in [9.17, 15) is 13.2 Å². The molecule has 136 valence electrons. The molecule has 1 aliphatic heterocycles. The summed E-state index contributed by atoms with van der Waals surface area (Å²) in [5.41, 5.74) is 2.87. The molecule has 1 saturated heterocycles. The summed E-state index contributed by atoms with van der Waals surface area (Å²) in [6, 6.07) is 14.9. The smallest absolute Gasteiger partial charge is 0.167 e. The lowest BCUT2D eigenvalue weighted by molar-refractivity contribution is 0.401. The van der Waals surface area contributed by atoms with Crippen LogP contribution in [0.25, 0.3) is 28.3 Å². The van der Waals surface area contributed by atoms with Crippen molar-refractivity contribution in [2.24, 2.45) is 0 Å². The maximum Gasteiger partial charge on any atom is 0.167 e. The van der Waals surface area contributed by atoms with Gasteiger partial charge in [-0.2, -0.15) is 0 Å². The molecule has 0 spiro atoms. The molecule has 3 aromatic carbocycles. The Kier molecular flexibility index (Phi) is 4.58. The van der Waals surface area contributed by atoms with Gasteiger partial charge in [-0.25, -0.2) is 13.2 Å². The van der Waals surface area contributed by atoms with Gasteiger partial charge in [-0.3, -0.25) is 0 Å². The number of hydrogen-bond donors (Lipinski definition) is 0. The van der Waals surface area contributed by atoms with Crippen molar-refractivity contribution in [3.63, 3.8) is 0 Å². The predicted octanol–water partition coefficient (Wildman–Crippen LogP) is 6.54. The molecule has 27 heavy (non-hydrogen) atoms. The third-order valence-electron chi connectivity index (χ3n) is 4.65. The molecule has 1 heterocycles. The predicted molar refractivity (Wildman–Crippen MR) is 101 cm³/mol. The van der Waals surface area contributed by atoms with Gasteiger partial charge in [-0.15, -0.1) is 0 Å². The zero-order valence-corrected chi connectivity index (χ0v) is 14.7. The van der Waals surface area contributed by atoms with E-state index in [2.05, 4.69) is 0 Å².